The van der Waals surface area contributed by atoms with E-state index in [0.717, 1.165) is 29.0 Å². The van der Waals surface area contributed by atoms with Gasteiger partial charge in [0.15, 0.2) is 0 Å². The van der Waals surface area contributed by atoms with Crippen molar-refractivity contribution in [3.05, 3.63) is 0 Å². The number of thioether (sulfide) groups is 1. The zero-order valence-electron chi connectivity index (χ0n) is 11.0. The third-order valence-electron chi connectivity index (χ3n) is 4.85. The zero-order valence-corrected chi connectivity index (χ0v) is 11.9. The third-order valence-corrected chi connectivity index (χ3v) is 6.33. The fourth-order valence-electron chi connectivity index (χ4n) is 3.53. The van der Waals surface area contributed by atoms with Crippen molar-refractivity contribution in [2.45, 2.75) is 57.2 Å². The zero-order chi connectivity index (χ0) is 11.5. The first-order chi connectivity index (χ1) is 7.72. The Morgan fingerprint density at radius 1 is 1.12 bits per heavy atom. The molecule has 0 aromatic heterocycles. The van der Waals surface area contributed by atoms with Gasteiger partial charge in [-0.1, -0.05) is 20.3 Å². The van der Waals surface area contributed by atoms with Crippen molar-refractivity contribution < 1.29 is 0 Å². The first kappa shape index (κ1) is 12.8. The van der Waals surface area contributed by atoms with Gasteiger partial charge in [0, 0.05) is 11.3 Å². The van der Waals surface area contributed by atoms with Crippen molar-refractivity contribution in [1.29, 1.82) is 0 Å². The van der Waals surface area contributed by atoms with Gasteiger partial charge in [-0.05, 0) is 56.2 Å². The molecule has 0 spiro atoms. The highest BCUT2D eigenvalue weighted by Crippen LogP contribution is 2.40. The van der Waals surface area contributed by atoms with E-state index in [4.69, 9.17) is 0 Å². The smallest absolute Gasteiger partial charge is 0.0211 e. The summed E-state index contributed by atoms with van der Waals surface area (Å²) in [6.45, 7) is 4.88. The molecule has 16 heavy (non-hydrogen) atoms. The van der Waals surface area contributed by atoms with E-state index in [1.807, 2.05) is 0 Å². The normalized spacial score (nSPS) is 42.2. The molecule has 5 unspecified atom stereocenters. The van der Waals surface area contributed by atoms with Gasteiger partial charge in [-0.3, -0.25) is 0 Å². The molecule has 1 aliphatic carbocycles. The van der Waals surface area contributed by atoms with Crippen LogP contribution in [0.15, 0.2) is 0 Å². The molecule has 2 fully saturated rings. The van der Waals surface area contributed by atoms with Gasteiger partial charge in [0.05, 0.1) is 0 Å². The van der Waals surface area contributed by atoms with Crippen LogP contribution in [-0.4, -0.2) is 24.1 Å². The minimum Gasteiger partial charge on any atom is -0.316 e. The average Bonchev–Trinajstić information content (AvgIpc) is 2.78. The Hall–Kier alpha value is 0.310. The van der Waals surface area contributed by atoms with Crippen LogP contribution in [0.25, 0.3) is 0 Å². The first-order valence-electron chi connectivity index (χ1n) is 7.01. The number of hydrogen-bond donors (Lipinski definition) is 1. The van der Waals surface area contributed by atoms with Gasteiger partial charge in [-0.25, -0.2) is 0 Å². The van der Waals surface area contributed by atoms with Crippen LogP contribution in [0, 0.1) is 17.8 Å². The summed E-state index contributed by atoms with van der Waals surface area (Å²) in [6, 6.07) is 0.780. The summed E-state index contributed by atoms with van der Waals surface area (Å²) in [7, 11) is 2.17. The van der Waals surface area contributed by atoms with Crippen LogP contribution >= 0.6 is 11.8 Å². The minimum absolute atomic E-state index is 0.780. The van der Waals surface area contributed by atoms with Crippen LogP contribution in [0.5, 0.6) is 0 Å². The van der Waals surface area contributed by atoms with Gasteiger partial charge < -0.3 is 5.32 Å². The van der Waals surface area contributed by atoms with Crippen LogP contribution in [0.4, 0.5) is 0 Å². The maximum absolute atomic E-state index is 3.63. The Labute approximate surface area is 105 Å². The second-order valence-corrected chi connectivity index (χ2v) is 7.24. The first-order valence-corrected chi connectivity index (χ1v) is 8.06. The summed E-state index contributed by atoms with van der Waals surface area (Å²) in [4.78, 5) is 0. The summed E-state index contributed by atoms with van der Waals surface area (Å²) in [5.41, 5.74) is 0. The molecule has 2 rings (SSSR count). The Kier molecular flexibility index (Phi) is 4.60. The molecule has 1 aliphatic heterocycles. The van der Waals surface area contributed by atoms with Gasteiger partial charge in [-0.2, -0.15) is 11.8 Å². The van der Waals surface area contributed by atoms with Crippen LogP contribution in [0.3, 0.4) is 0 Å². The Morgan fingerprint density at radius 3 is 2.50 bits per heavy atom. The van der Waals surface area contributed by atoms with Gasteiger partial charge in [0.25, 0.3) is 0 Å². The molecular formula is C14H27NS. The highest BCUT2D eigenvalue weighted by molar-refractivity contribution is 8.00. The van der Waals surface area contributed by atoms with Gasteiger partial charge in [-0.15, -0.1) is 0 Å². The molecule has 0 amide bonds. The highest BCUT2D eigenvalue weighted by atomic mass is 32.2. The maximum Gasteiger partial charge on any atom is 0.0211 e. The maximum atomic E-state index is 3.63. The number of hydrogen-bond acceptors (Lipinski definition) is 2. The van der Waals surface area contributed by atoms with Crippen LogP contribution in [0.1, 0.15) is 46.0 Å². The van der Waals surface area contributed by atoms with Gasteiger partial charge in [0.2, 0.25) is 0 Å². The standard InChI is InChI=1S/C14H27NS/c1-10-6-7-12(9-11(10)2)14(15-3)13-5-4-8-16-13/h10-15H,4-9H2,1-3H3. The van der Waals surface area contributed by atoms with E-state index in [1.165, 1.54) is 37.9 Å². The lowest BCUT2D eigenvalue weighted by molar-refractivity contribution is 0.172. The molecule has 2 aliphatic rings. The highest BCUT2D eigenvalue weighted by Gasteiger charge is 2.34. The molecule has 5 atom stereocenters. The van der Waals surface area contributed by atoms with Gasteiger partial charge in [0.1, 0.15) is 0 Å². The molecule has 0 aromatic rings. The van der Waals surface area contributed by atoms with Crippen molar-refractivity contribution in [2.75, 3.05) is 12.8 Å². The van der Waals surface area contributed by atoms with E-state index >= 15 is 0 Å². The molecule has 1 saturated heterocycles. The molecule has 1 heterocycles. The molecular weight excluding hydrogens is 214 g/mol. The molecule has 94 valence electrons. The van der Waals surface area contributed by atoms with E-state index in [1.54, 1.807) is 0 Å². The van der Waals surface area contributed by atoms with E-state index in [2.05, 4.69) is 38.0 Å². The van der Waals surface area contributed by atoms with Crippen molar-refractivity contribution >= 4 is 11.8 Å². The summed E-state index contributed by atoms with van der Waals surface area (Å²) in [6.07, 6.45) is 7.22. The second kappa shape index (κ2) is 5.77. The summed E-state index contributed by atoms with van der Waals surface area (Å²) >= 11 is 2.21. The summed E-state index contributed by atoms with van der Waals surface area (Å²) in [5, 5.41) is 4.53. The fourth-order valence-corrected chi connectivity index (χ4v) is 5.06. The fraction of sp³-hybridized carbons (Fsp3) is 1.00. The van der Waals surface area contributed by atoms with Crippen molar-refractivity contribution in [2.24, 2.45) is 17.8 Å². The van der Waals surface area contributed by atoms with Crippen molar-refractivity contribution in [3.63, 3.8) is 0 Å². The molecule has 0 bridgehead atoms. The molecule has 2 heteroatoms. The van der Waals surface area contributed by atoms with Crippen molar-refractivity contribution in [1.82, 2.24) is 5.32 Å². The Morgan fingerprint density at radius 2 is 1.94 bits per heavy atom. The number of rotatable bonds is 3. The second-order valence-electron chi connectivity index (χ2n) is 5.89. The largest absolute Gasteiger partial charge is 0.316 e. The van der Waals surface area contributed by atoms with E-state index < -0.39 is 0 Å². The lowest BCUT2D eigenvalue weighted by Gasteiger charge is -2.38. The van der Waals surface area contributed by atoms with E-state index in [-0.39, 0.29) is 0 Å². The molecule has 0 aromatic carbocycles. The Balaban J connectivity index is 1.93. The quantitative estimate of drug-likeness (QED) is 0.811. The SMILES string of the molecule is CNC(C1CCC(C)C(C)C1)C1CCCS1. The van der Waals surface area contributed by atoms with Crippen LogP contribution < -0.4 is 5.32 Å². The number of nitrogens with one attached hydrogen (secondary N) is 1. The predicted octanol–water partition coefficient (Wildman–Crippen LogP) is 3.54. The molecule has 0 radical (unpaired) electrons. The third kappa shape index (κ3) is 2.76. The average molecular weight is 241 g/mol. The Bertz CT molecular complexity index is 213. The molecule has 1 saturated carbocycles. The van der Waals surface area contributed by atoms with Crippen LogP contribution in [0.2, 0.25) is 0 Å². The summed E-state index contributed by atoms with van der Waals surface area (Å²) < 4.78 is 0. The van der Waals surface area contributed by atoms with Crippen LogP contribution in [-0.2, 0) is 0 Å². The predicted molar refractivity (Wildman–Crippen MR) is 74.0 cm³/mol. The lowest BCUT2D eigenvalue weighted by atomic mass is 9.72. The monoisotopic (exact) mass is 241 g/mol. The van der Waals surface area contributed by atoms with E-state index in [9.17, 15) is 0 Å². The van der Waals surface area contributed by atoms with E-state index in [0.29, 0.717) is 0 Å². The molecule has 1 nitrogen and oxygen atoms in total. The summed E-state index contributed by atoms with van der Waals surface area (Å²) in [5.74, 6) is 4.21. The van der Waals surface area contributed by atoms with Gasteiger partial charge >= 0.3 is 0 Å². The molecule has 1 N–H and O–H groups in total. The minimum atomic E-state index is 0.780. The lowest BCUT2D eigenvalue weighted by Crippen LogP contribution is -2.43. The van der Waals surface area contributed by atoms with Crippen molar-refractivity contribution in [3.8, 4) is 0 Å². The topological polar surface area (TPSA) is 12.0 Å².